The molecular formula is C19H15BrN4O. The van der Waals surface area contributed by atoms with Crippen LogP contribution in [0.3, 0.4) is 0 Å². The van der Waals surface area contributed by atoms with E-state index < -0.39 is 0 Å². The van der Waals surface area contributed by atoms with Crippen LogP contribution in [-0.2, 0) is 0 Å². The summed E-state index contributed by atoms with van der Waals surface area (Å²) >= 11 is 3.42. The van der Waals surface area contributed by atoms with Crippen LogP contribution < -0.4 is 5.56 Å². The minimum atomic E-state index is -0.107. The van der Waals surface area contributed by atoms with Crippen molar-refractivity contribution < 1.29 is 0 Å². The fourth-order valence-corrected chi connectivity index (χ4v) is 3.24. The quantitative estimate of drug-likeness (QED) is 0.517. The van der Waals surface area contributed by atoms with Crippen LogP contribution >= 0.6 is 15.9 Å². The Morgan fingerprint density at radius 3 is 2.28 bits per heavy atom. The minimum Gasteiger partial charge on any atom is -0.268 e. The second-order valence-electron chi connectivity index (χ2n) is 5.81. The molecule has 0 spiro atoms. The van der Waals surface area contributed by atoms with Crippen LogP contribution in [-0.4, -0.2) is 19.3 Å². The first-order chi connectivity index (χ1) is 12.1. The number of nitrogens with zero attached hydrogens (tertiary/aromatic N) is 4. The Balaban J connectivity index is 2.03. The molecule has 4 rings (SSSR count). The number of rotatable bonds is 2. The standard InChI is InChI=1S/C19H15BrN4O/c1-12-17-18(24(22-12)16-6-4-3-5-7-16)21-13(2)23(19(17)25)15-10-8-14(20)9-11-15/h3-11H,1-2H3. The number of aryl methyl sites for hydroxylation is 2. The van der Waals surface area contributed by atoms with Gasteiger partial charge in [-0.3, -0.25) is 9.36 Å². The first kappa shape index (κ1) is 15.8. The summed E-state index contributed by atoms with van der Waals surface area (Å²) in [5.74, 6) is 0.622. The van der Waals surface area contributed by atoms with Gasteiger partial charge in [-0.2, -0.15) is 5.10 Å². The van der Waals surface area contributed by atoms with Crippen molar-refractivity contribution in [2.45, 2.75) is 13.8 Å². The van der Waals surface area contributed by atoms with Crippen LogP contribution in [0.25, 0.3) is 22.4 Å². The van der Waals surface area contributed by atoms with E-state index in [2.05, 4.69) is 26.0 Å². The summed E-state index contributed by atoms with van der Waals surface area (Å²) in [6.45, 7) is 3.67. The predicted octanol–water partition coefficient (Wildman–Crippen LogP) is 3.95. The smallest absolute Gasteiger partial charge is 0.268 e. The van der Waals surface area contributed by atoms with Gasteiger partial charge in [0.15, 0.2) is 5.65 Å². The molecule has 0 radical (unpaired) electrons. The van der Waals surface area contributed by atoms with Crippen molar-refractivity contribution in [3.63, 3.8) is 0 Å². The highest BCUT2D eigenvalue weighted by atomic mass is 79.9. The molecule has 0 aliphatic rings. The molecule has 0 saturated carbocycles. The zero-order chi connectivity index (χ0) is 17.6. The first-order valence-corrected chi connectivity index (χ1v) is 8.66. The van der Waals surface area contributed by atoms with Crippen LogP contribution in [0.2, 0.25) is 0 Å². The molecule has 0 atom stereocenters. The monoisotopic (exact) mass is 394 g/mol. The number of aromatic nitrogens is 4. The molecule has 0 aliphatic heterocycles. The van der Waals surface area contributed by atoms with Gasteiger partial charge in [0.25, 0.3) is 5.56 Å². The second-order valence-corrected chi connectivity index (χ2v) is 6.72. The van der Waals surface area contributed by atoms with Crippen molar-refractivity contribution in [3.8, 4) is 11.4 Å². The van der Waals surface area contributed by atoms with Crippen LogP contribution in [0.1, 0.15) is 11.5 Å². The van der Waals surface area contributed by atoms with E-state index >= 15 is 0 Å². The summed E-state index contributed by atoms with van der Waals surface area (Å²) < 4.78 is 4.31. The van der Waals surface area contributed by atoms with E-state index in [4.69, 9.17) is 0 Å². The average molecular weight is 395 g/mol. The number of benzene rings is 2. The van der Waals surface area contributed by atoms with Gasteiger partial charge in [-0.1, -0.05) is 34.1 Å². The van der Waals surface area contributed by atoms with Crippen molar-refractivity contribution in [2.24, 2.45) is 0 Å². The molecule has 0 bridgehead atoms. The van der Waals surface area contributed by atoms with Crippen LogP contribution in [0.15, 0.2) is 63.9 Å². The van der Waals surface area contributed by atoms with E-state index in [-0.39, 0.29) is 5.56 Å². The maximum absolute atomic E-state index is 13.2. The molecule has 0 N–H and O–H groups in total. The third-order valence-electron chi connectivity index (χ3n) is 4.13. The molecule has 0 fully saturated rings. The number of halogens is 1. The third-order valence-corrected chi connectivity index (χ3v) is 4.66. The molecule has 0 amide bonds. The topological polar surface area (TPSA) is 52.7 Å². The second kappa shape index (κ2) is 5.97. The molecule has 124 valence electrons. The highest BCUT2D eigenvalue weighted by molar-refractivity contribution is 9.10. The highest BCUT2D eigenvalue weighted by Crippen LogP contribution is 2.20. The van der Waals surface area contributed by atoms with E-state index in [1.807, 2.05) is 68.4 Å². The Kier molecular flexibility index (Phi) is 3.77. The van der Waals surface area contributed by atoms with Crippen LogP contribution in [0.4, 0.5) is 0 Å². The molecule has 6 heteroatoms. The zero-order valence-electron chi connectivity index (χ0n) is 13.8. The number of hydrogen-bond donors (Lipinski definition) is 0. The summed E-state index contributed by atoms with van der Waals surface area (Å²) in [5.41, 5.74) is 2.81. The Morgan fingerprint density at radius 1 is 0.920 bits per heavy atom. The zero-order valence-corrected chi connectivity index (χ0v) is 15.4. The molecular weight excluding hydrogens is 380 g/mol. The summed E-state index contributed by atoms with van der Waals surface area (Å²) in [6, 6.07) is 17.3. The molecule has 2 heterocycles. The maximum Gasteiger partial charge on any atom is 0.269 e. The van der Waals surface area contributed by atoms with Crippen molar-refractivity contribution in [2.75, 3.05) is 0 Å². The lowest BCUT2D eigenvalue weighted by Gasteiger charge is -2.10. The van der Waals surface area contributed by atoms with E-state index in [9.17, 15) is 4.79 Å². The van der Waals surface area contributed by atoms with Crippen molar-refractivity contribution >= 4 is 27.0 Å². The van der Waals surface area contributed by atoms with Gasteiger partial charge in [0.1, 0.15) is 11.2 Å². The number of fused-ring (bicyclic) bond motifs is 1. The molecule has 5 nitrogen and oxygen atoms in total. The molecule has 0 aliphatic carbocycles. The Hall–Kier alpha value is -2.73. The lowest BCUT2D eigenvalue weighted by atomic mass is 10.2. The summed E-state index contributed by atoms with van der Waals surface area (Å²) in [5, 5.41) is 5.08. The van der Waals surface area contributed by atoms with Gasteiger partial charge in [-0.25, -0.2) is 9.67 Å². The fraction of sp³-hybridized carbons (Fsp3) is 0.105. The lowest BCUT2D eigenvalue weighted by Crippen LogP contribution is -2.22. The largest absolute Gasteiger partial charge is 0.269 e. The third kappa shape index (κ3) is 2.59. The van der Waals surface area contributed by atoms with E-state index in [0.717, 1.165) is 15.8 Å². The van der Waals surface area contributed by atoms with Crippen LogP contribution in [0, 0.1) is 13.8 Å². The summed E-state index contributed by atoms with van der Waals surface area (Å²) in [4.78, 5) is 17.8. The van der Waals surface area contributed by atoms with Gasteiger partial charge < -0.3 is 0 Å². The Morgan fingerprint density at radius 2 is 1.60 bits per heavy atom. The SMILES string of the molecule is Cc1nn(-c2ccccc2)c2nc(C)n(-c3ccc(Br)cc3)c(=O)c12. The summed E-state index contributed by atoms with van der Waals surface area (Å²) in [6.07, 6.45) is 0. The minimum absolute atomic E-state index is 0.107. The van der Waals surface area contributed by atoms with Gasteiger partial charge >= 0.3 is 0 Å². The van der Waals surface area contributed by atoms with Crippen LogP contribution in [0.5, 0.6) is 0 Å². The van der Waals surface area contributed by atoms with E-state index in [1.165, 1.54) is 0 Å². The van der Waals surface area contributed by atoms with Gasteiger partial charge in [-0.05, 0) is 50.2 Å². The van der Waals surface area contributed by atoms with Gasteiger partial charge in [0.2, 0.25) is 0 Å². The Bertz CT molecular complexity index is 1130. The molecule has 4 aromatic rings. The number of hydrogen-bond acceptors (Lipinski definition) is 3. The van der Waals surface area contributed by atoms with E-state index in [1.54, 1.807) is 9.25 Å². The lowest BCUT2D eigenvalue weighted by molar-refractivity contribution is 0.853. The highest BCUT2D eigenvalue weighted by Gasteiger charge is 2.18. The van der Waals surface area contributed by atoms with Crippen molar-refractivity contribution in [3.05, 3.63) is 80.9 Å². The normalized spacial score (nSPS) is 11.2. The first-order valence-electron chi connectivity index (χ1n) is 7.86. The van der Waals surface area contributed by atoms with Gasteiger partial charge in [0.05, 0.1) is 17.1 Å². The van der Waals surface area contributed by atoms with Crippen molar-refractivity contribution in [1.29, 1.82) is 0 Å². The maximum atomic E-state index is 13.2. The van der Waals surface area contributed by atoms with Gasteiger partial charge in [0, 0.05) is 4.47 Å². The van der Waals surface area contributed by atoms with Crippen molar-refractivity contribution in [1.82, 2.24) is 19.3 Å². The fourth-order valence-electron chi connectivity index (χ4n) is 2.97. The summed E-state index contributed by atoms with van der Waals surface area (Å²) in [7, 11) is 0. The molecule has 2 aromatic heterocycles. The number of para-hydroxylation sites is 1. The van der Waals surface area contributed by atoms with E-state index in [0.29, 0.717) is 22.6 Å². The molecule has 0 unspecified atom stereocenters. The molecule has 2 aromatic carbocycles. The van der Waals surface area contributed by atoms with Gasteiger partial charge in [-0.15, -0.1) is 0 Å². The Labute approximate surface area is 152 Å². The average Bonchev–Trinajstić information content (AvgIpc) is 2.94. The molecule has 0 saturated heterocycles. The molecule has 25 heavy (non-hydrogen) atoms. The predicted molar refractivity (Wildman–Crippen MR) is 102 cm³/mol.